The molecule has 6 rings (SSSR count). The SMILES string of the molecule is CC[C@]12C=CCN(Cc3ccccc3)C(=O)[C@H]1[C@H]1C(=O)N(CCCCCO)C3C(=O)N(CCN4CCOCC4)CC=C[C@@]31O2. The van der Waals surface area contributed by atoms with E-state index in [2.05, 4.69) is 4.90 Å². The van der Waals surface area contributed by atoms with Crippen molar-refractivity contribution in [3.63, 3.8) is 0 Å². The van der Waals surface area contributed by atoms with E-state index in [1.54, 1.807) is 4.90 Å². The number of benzene rings is 1. The van der Waals surface area contributed by atoms with E-state index < -0.39 is 29.1 Å². The minimum atomic E-state index is -1.24. The molecule has 1 aromatic rings. The van der Waals surface area contributed by atoms with Crippen LogP contribution in [0.2, 0.25) is 0 Å². The second-order valence-corrected chi connectivity index (χ2v) is 12.7. The molecule has 10 nitrogen and oxygen atoms in total. The Labute approximate surface area is 260 Å². The molecule has 0 bridgehead atoms. The highest BCUT2D eigenvalue weighted by molar-refractivity contribution is 6.00. The number of aliphatic hydroxyl groups is 1. The van der Waals surface area contributed by atoms with Gasteiger partial charge in [0, 0.05) is 59.0 Å². The van der Waals surface area contributed by atoms with Crippen LogP contribution in [0.25, 0.3) is 0 Å². The number of hydrogen-bond donors (Lipinski definition) is 1. The molecule has 1 aromatic carbocycles. The summed E-state index contributed by atoms with van der Waals surface area (Å²) in [4.78, 5) is 51.4. The molecule has 1 unspecified atom stereocenters. The van der Waals surface area contributed by atoms with E-state index >= 15 is 0 Å². The van der Waals surface area contributed by atoms with Crippen LogP contribution < -0.4 is 0 Å². The number of hydrogen-bond acceptors (Lipinski definition) is 7. The maximum Gasteiger partial charge on any atom is 0.249 e. The highest BCUT2D eigenvalue weighted by Crippen LogP contribution is 2.58. The van der Waals surface area contributed by atoms with Crippen molar-refractivity contribution in [2.24, 2.45) is 11.8 Å². The summed E-state index contributed by atoms with van der Waals surface area (Å²) in [5.74, 6) is -1.97. The van der Waals surface area contributed by atoms with Gasteiger partial charge in [-0.25, -0.2) is 0 Å². The number of likely N-dealkylation sites (tertiary alicyclic amines) is 1. The third-order valence-electron chi connectivity index (χ3n) is 10.2. The Balaban J connectivity index is 1.34. The van der Waals surface area contributed by atoms with E-state index in [1.165, 1.54) is 0 Å². The highest BCUT2D eigenvalue weighted by Gasteiger charge is 2.75. The lowest BCUT2D eigenvalue weighted by molar-refractivity contribution is -0.154. The molecule has 5 atom stereocenters. The monoisotopic (exact) mass is 606 g/mol. The van der Waals surface area contributed by atoms with Gasteiger partial charge in [-0.3, -0.25) is 19.3 Å². The summed E-state index contributed by atoms with van der Waals surface area (Å²) in [6.07, 6.45) is 10.4. The fourth-order valence-corrected chi connectivity index (χ4v) is 7.90. The average molecular weight is 607 g/mol. The number of amides is 3. The molecule has 0 radical (unpaired) electrons. The topological polar surface area (TPSA) is 103 Å². The van der Waals surface area contributed by atoms with Gasteiger partial charge in [0.1, 0.15) is 11.6 Å². The van der Waals surface area contributed by atoms with Crippen LogP contribution in [0.5, 0.6) is 0 Å². The smallest absolute Gasteiger partial charge is 0.249 e. The van der Waals surface area contributed by atoms with Crippen LogP contribution in [0.3, 0.4) is 0 Å². The lowest BCUT2D eigenvalue weighted by Gasteiger charge is -2.39. The minimum Gasteiger partial charge on any atom is -0.396 e. The van der Waals surface area contributed by atoms with Crippen molar-refractivity contribution < 1.29 is 29.0 Å². The fraction of sp³-hybridized carbons (Fsp3) is 0.618. The van der Waals surface area contributed by atoms with Crippen molar-refractivity contribution in [1.82, 2.24) is 19.6 Å². The zero-order valence-corrected chi connectivity index (χ0v) is 25.8. The third-order valence-corrected chi connectivity index (χ3v) is 10.2. The van der Waals surface area contributed by atoms with Crippen molar-refractivity contribution in [3.8, 4) is 0 Å². The molecule has 5 aliphatic rings. The van der Waals surface area contributed by atoms with E-state index in [1.807, 2.05) is 71.4 Å². The number of unbranched alkanes of at least 4 members (excludes halogenated alkanes) is 2. The van der Waals surface area contributed by atoms with Gasteiger partial charge >= 0.3 is 0 Å². The molecule has 3 fully saturated rings. The van der Waals surface area contributed by atoms with Gasteiger partial charge in [0.2, 0.25) is 17.7 Å². The summed E-state index contributed by atoms with van der Waals surface area (Å²) in [6.45, 7) is 8.08. The first-order valence-corrected chi connectivity index (χ1v) is 16.3. The first-order valence-electron chi connectivity index (χ1n) is 16.3. The number of aliphatic hydroxyl groups excluding tert-OH is 1. The van der Waals surface area contributed by atoms with Crippen molar-refractivity contribution in [3.05, 3.63) is 60.2 Å². The van der Waals surface area contributed by atoms with Gasteiger partial charge in [0.05, 0.1) is 30.7 Å². The normalized spacial score (nSPS) is 32.1. The number of fused-ring (bicyclic) bond motifs is 2. The van der Waals surface area contributed by atoms with E-state index in [9.17, 15) is 19.5 Å². The van der Waals surface area contributed by atoms with E-state index in [0.717, 1.165) is 31.6 Å². The van der Waals surface area contributed by atoms with Crippen molar-refractivity contribution >= 4 is 17.7 Å². The second-order valence-electron chi connectivity index (χ2n) is 12.7. The lowest BCUT2D eigenvalue weighted by Crippen LogP contribution is -2.57. The molecule has 5 aliphatic heterocycles. The van der Waals surface area contributed by atoms with Gasteiger partial charge in [0.15, 0.2) is 0 Å². The van der Waals surface area contributed by atoms with E-state index in [4.69, 9.17) is 9.47 Å². The van der Waals surface area contributed by atoms with Crippen molar-refractivity contribution in [2.45, 2.75) is 56.4 Å². The zero-order chi connectivity index (χ0) is 30.7. The van der Waals surface area contributed by atoms with Crippen molar-refractivity contribution in [1.29, 1.82) is 0 Å². The average Bonchev–Trinajstić information content (AvgIpc) is 3.34. The molecule has 3 amide bonds. The van der Waals surface area contributed by atoms with Crippen LogP contribution in [0.1, 0.15) is 38.2 Å². The number of carbonyl (C=O) groups is 3. The van der Waals surface area contributed by atoms with Crippen LogP contribution >= 0.6 is 0 Å². The Morgan fingerprint density at radius 1 is 0.841 bits per heavy atom. The van der Waals surface area contributed by atoms with Gasteiger partial charge < -0.3 is 29.3 Å². The Morgan fingerprint density at radius 3 is 2.34 bits per heavy atom. The second kappa shape index (κ2) is 13.1. The minimum absolute atomic E-state index is 0.0865. The summed E-state index contributed by atoms with van der Waals surface area (Å²) in [5, 5.41) is 9.35. The molecule has 1 spiro atoms. The van der Waals surface area contributed by atoms with Crippen molar-refractivity contribution in [2.75, 3.05) is 65.6 Å². The predicted octanol–water partition coefficient (Wildman–Crippen LogP) is 1.84. The number of nitrogens with zero attached hydrogens (tertiary/aromatic N) is 4. The zero-order valence-electron chi connectivity index (χ0n) is 25.8. The molecule has 0 saturated carbocycles. The summed E-state index contributed by atoms with van der Waals surface area (Å²) in [7, 11) is 0. The molecular weight excluding hydrogens is 560 g/mol. The fourth-order valence-electron chi connectivity index (χ4n) is 7.90. The Morgan fingerprint density at radius 2 is 1.59 bits per heavy atom. The first-order chi connectivity index (χ1) is 21.4. The number of rotatable bonds is 11. The maximum atomic E-state index is 14.6. The molecule has 5 heterocycles. The molecule has 3 saturated heterocycles. The van der Waals surface area contributed by atoms with Crippen LogP contribution in [-0.4, -0.2) is 125 Å². The Bertz CT molecular complexity index is 1270. The standard InChI is InChI=1S/C34H46N4O6/c1-2-33-13-9-16-37(25-26-11-5-3-6-12-26)30(40)27(33)28-31(41)38(17-7-4-8-22-39)29-32(42)36(15-10-14-34(28,29)44-33)19-18-35-20-23-43-24-21-35/h3,5-6,9-14,27-29,39H,2,4,7-8,15-25H2,1H3/t27-,28+,29?,33+,34+/m1/s1. The van der Waals surface area contributed by atoms with Gasteiger partial charge in [-0.05, 0) is 31.2 Å². The maximum absolute atomic E-state index is 14.6. The highest BCUT2D eigenvalue weighted by atomic mass is 16.5. The quantitative estimate of drug-likeness (QED) is 0.303. The summed E-state index contributed by atoms with van der Waals surface area (Å²) in [5.41, 5.74) is -1.21. The molecule has 0 aliphatic carbocycles. The summed E-state index contributed by atoms with van der Waals surface area (Å²) >= 11 is 0. The molecule has 238 valence electrons. The largest absolute Gasteiger partial charge is 0.396 e. The predicted molar refractivity (Wildman–Crippen MR) is 164 cm³/mol. The molecular formula is C34H46N4O6. The summed E-state index contributed by atoms with van der Waals surface area (Å²) in [6, 6.07) is 9.04. The van der Waals surface area contributed by atoms with Crippen LogP contribution in [-0.2, 0) is 30.4 Å². The van der Waals surface area contributed by atoms with Crippen LogP contribution in [0, 0.1) is 11.8 Å². The Kier molecular flexibility index (Phi) is 9.23. The first kappa shape index (κ1) is 31.0. The van der Waals surface area contributed by atoms with Gasteiger partial charge in [-0.1, -0.05) is 61.6 Å². The third kappa shape index (κ3) is 5.50. The van der Waals surface area contributed by atoms with Gasteiger partial charge in [0.25, 0.3) is 0 Å². The summed E-state index contributed by atoms with van der Waals surface area (Å²) < 4.78 is 12.6. The molecule has 10 heteroatoms. The number of carbonyl (C=O) groups excluding carboxylic acids is 3. The van der Waals surface area contributed by atoms with Crippen LogP contribution in [0.4, 0.5) is 0 Å². The van der Waals surface area contributed by atoms with E-state index in [-0.39, 0.29) is 24.3 Å². The molecule has 0 aromatic heterocycles. The molecule has 44 heavy (non-hydrogen) atoms. The molecule has 1 N–H and O–H groups in total. The number of ether oxygens (including phenoxy) is 2. The lowest BCUT2D eigenvalue weighted by atomic mass is 9.73. The van der Waals surface area contributed by atoms with Gasteiger partial charge in [-0.15, -0.1) is 0 Å². The Hall–Kier alpha value is -3.05. The van der Waals surface area contributed by atoms with E-state index in [0.29, 0.717) is 65.2 Å². The van der Waals surface area contributed by atoms with Gasteiger partial charge in [-0.2, -0.15) is 0 Å². The van der Waals surface area contributed by atoms with Crippen LogP contribution in [0.15, 0.2) is 54.6 Å². The number of morpholine rings is 1.